The van der Waals surface area contributed by atoms with Gasteiger partial charge in [-0.05, 0) is 175 Å². The van der Waals surface area contributed by atoms with Gasteiger partial charge in [0, 0.05) is 41.2 Å². The zero-order chi connectivity index (χ0) is 55.6. The molecule has 10 aromatic rings. The Morgan fingerprint density at radius 2 is 1.06 bits per heavy atom. The van der Waals surface area contributed by atoms with Gasteiger partial charge in [-0.2, -0.15) is 0 Å². The monoisotopic (exact) mass is 1070 g/mol. The van der Waals surface area contributed by atoms with E-state index in [9.17, 15) is 8.78 Å². The molecule has 0 bridgehead atoms. The Kier molecular flexibility index (Phi) is 13.5. The number of rotatable bonds is 10. The third-order valence-corrected chi connectivity index (χ3v) is 17.5. The molecule has 1 aliphatic heterocycles. The van der Waals surface area contributed by atoms with Crippen molar-refractivity contribution in [3.05, 3.63) is 216 Å². The lowest BCUT2D eigenvalue weighted by molar-refractivity contribution is 0.436. The van der Waals surface area contributed by atoms with E-state index >= 15 is 0 Å². The minimum Gasteiger partial charge on any atom is -0.457 e. The number of ether oxygens (including phenoxy) is 1. The number of para-hydroxylation sites is 3. The summed E-state index contributed by atoms with van der Waals surface area (Å²) in [7, 11) is 0. The molecular formula is C74H70F2N4O+2. The largest absolute Gasteiger partial charge is 0.503 e. The van der Waals surface area contributed by atoms with Gasteiger partial charge in [-0.15, -0.1) is 0 Å². The van der Waals surface area contributed by atoms with Crippen LogP contribution in [0.4, 0.5) is 31.5 Å². The van der Waals surface area contributed by atoms with Gasteiger partial charge in [0.15, 0.2) is 0 Å². The molecule has 2 aliphatic carbocycles. The van der Waals surface area contributed by atoms with Gasteiger partial charge in [-0.25, -0.2) is 13.8 Å². The number of hydrogen-bond donors (Lipinski definition) is 0. The highest BCUT2D eigenvalue weighted by Gasteiger charge is 2.41. The van der Waals surface area contributed by atoms with E-state index in [-0.39, 0.29) is 22.5 Å². The van der Waals surface area contributed by atoms with Gasteiger partial charge in [0.25, 0.3) is 11.4 Å². The molecule has 0 N–H and O–H groups in total. The highest BCUT2D eigenvalue weighted by atomic mass is 19.1. The molecule has 0 amide bonds. The highest BCUT2D eigenvalue weighted by molar-refractivity contribution is 6.09. The average Bonchev–Trinajstić information content (AvgIpc) is 4.07. The Labute approximate surface area is 475 Å². The maximum atomic E-state index is 14.8. The number of nitrogens with zero attached hydrogens (tertiary/aromatic N) is 4. The van der Waals surface area contributed by atoms with E-state index in [0.717, 1.165) is 95.3 Å². The maximum Gasteiger partial charge on any atom is 0.503 e. The van der Waals surface area contributed by atoms with Gasteiger partial charge in [-0.1, -0.05) is 153 Å². The van der Waals surface area contributed by atoms with Gasteiger partial charge in [-0.3, -0.25) is 4.57 Å². The number of halogens is 2. The Balaban J connectivity index is 1.07. The van der Waals surface area contributed by atoms with Crippen molar-refractivity contribution in [1.82, 2.24) is 18.7 Å². The third kappa shape index (κ3) is 10.0. The minimum absolute atomic E-state index is 0.0612. The van der Waals surface area contributed by atoms with E-state index in [1.165, 1.54) is 111 Å². The summed E-state index contributed by atoms with van der Waals surface area (Å²) in [6.07, 6.45) is 14.2. The molecule has 0 unspecified atom stereocenters. The van der Waals surface area contributed by atoms with Crippen LogP contribution >= 0.6 is 0 Å². The maximum absolute atomic E-state index is 14.8. The average molecular weight is 1070 g/mol. The van der Waals surface area contributed by atoms with Crippen LogP contribution in [0.5, 0.6) is 11.5 Å². The molecule has 404 valence electrons. The molecule has 3 heterocycles. The smallest absolute Gasteiger partial charge is 0.457 e. The summed E-state index contributed by atoms with van der Waals surface area (Å²) in [6, 6.07) is 63.8. The second-order valence-corrected chi connectivity index (χ2v) is 24.9. The first kappa shape index (κ1) is 52.1. The Hall–Kier alpha value is -8.25. The molecule has 0 atom stereocenters. The third-order valence-electron chi connectivity index (χ3n) is 17.5. The zero-order valence-electron chi connectivity index (χ0n) is 47.5. The Bertz CT molecular complexity index is 4010. The first-order chi connectivity index (χ1) is 39.2. The molecule has 2 saturated carbocycles. The van der Waals surface area contributed by atoms with E-state index in [1.807, 2.05) is 30.5 Å². The van der Waals surface area contributed by atoms with Crippen LogP contribution < -0.4 is 13.9 Å². The fraction of sp³-hybridized carbons (Fsp3) is 0.270. The van der Waals surface area contributed by atoms with Gasteiger partial charge < -0.3 is 4.74 Å². The molecule has 13 rings (SSSR count). The summed E-state index contributed by atoms with van der Waals surface area (Å²) in [4.78, 5) is 4.99. The van der Waals surface area contributed by atoms with Gasteiger partial charge in [0.1, 0.15) is 29.0 Å². The van der Waals surface area contributed by atoms with Crippen LogP contribution in [0.25, 0.3) is 61.0 Å². The van der Waals surface area contributed by atoms with Gasteiger partial charge in [0.2, 0.25) is 11.4 Å². The molecule has 7 heteroatoms. The normalized spacial score (nSPS) is 15.3. The zero-order valence-corrected chi connectivity index (χ0v) is 47.5. The molecule has 8 aromatic carbocycles. The summed E-state index contributed by atoms with van der Waals surface area (Å²) >= 11 is 0. The number of benzene rings is 8. The lowest BCUT2D eigenvalue weighted by Gasteiger charge is -2.30. The van der Waals surface area contributed by atoms with E-state index in [1.54, 1.807) is 0 Å². The van der Waals surface area contributed by atoms with Crippen molar-refractivity contribution in [3.63, 3.8) is 0 Å². The molecule has 0 saturated heterocycles. The lowest BCUT2D eigenvalue weighted by Crippen LogP contribution is -2.13. The quantitative estimate of drug-likeness (QED) is 0.128. The van der Waals surface area contributed by atoms with Gasteiger partial charge in [0.05, 0.1) is 28.2 Å². The topological polar surface area (TPSA) is 33.1 Å². The summed E-state index contributed by atoms with van der Waals surface area (Å²) in [5.41, 5.74) is 16.7. The van der Waals surface area contributed by atoms with E-state index in [0.29, 0.717) is 11.8 Å². The van der Waals surface area contributed by atoms with E-state index < -0.39 is 0 Å². The SMILES string of the molecule is CC(C)(C)c1ccnc(-n2c3ccccc3c3ccc(Oc4cc(-c5c(C6CCCCC6)cccc5C5CCCCC5)cc([N+]5=C=[N+](c6c(-c7ccc(F)cc7)cc(C(C)(C)C)cc6-c6ccc(F)cc6)c6ccccc65)c4)cc32)c1. The molecule has 81 heavy (non-hydrogen) atoms. The van der Waals surface area contributed by atoms with Crippen molar-refractivity contribution >= 4 is 50.6 Å². The molecule has 2 aromatic heterocycles. The number of hydrogen-bond acceptors (Lipinski definition) is 2. The Morgan fingerprint density at radius 3 is 1.67 bits per heavy atom. The van der Waals surface area contributed by atoms with Crippen molar-refractivity contribution in [1.29, 1.82) is 0 Å². The highest BCUT2D eigenvalue weighted by Crippen LogP contribution is 2.50. The lowest BCUT2D eigenvalue weighted by atomic mass is 9.75. The second kappa shape index (κ2) is 21.0. The van der Waals surface area contributed by atoms with Crippen molar-refractivity contribution in [2.45, 2.75) is 128 Å². The Morgan fingerprint density at radius 1 is 0.494 bits per heavy atom. The summed E-state index contributed by atoms with van der Waals surface area (Å²) in [5.74, 6) is 2.63. The van der Waals surface area contributed by atoms with Crippen molar-refractivity contribution in [2.75, 3.05) is 0 Å². The van der Waals surface area contributed by atoms with Gasteiger partial charge >= 0.3 is 6.01 Å². The number of aromatic nitrogens is 2. The minimum atomic E-state index is -0.304. The predicted octanol–water partition coefficient (Wildman–Crippen LogP) is 20.8. The second-order valence-electron chi connectivity index (χ2n) is 24.9. The van der Waals surface area contributed by atoms with Crippen LogP contribution in [0, 0.1) is 11.6 Å². The van der Waals surface area contributed by atoms with Crippen LogP contribution in [0.1, 0.15) is 140 Å². The summed E-state index contributed by atoms with van der Waals surface area (Å²) < 4.78 is 43.7. The predicted molar refractivity (Wildman–Crippen MR) is 331 cm³/mol. The van der Waals surface area contributed by atoms with Crippen LogP contribution in [-0.4, -0.2) is 15.6 Å². The summed E-state index contributed by atoms with van der Waals surface area (Å²) in [6.45, 7) is 13.3. The van der Waals surface area contributed by atoms with Crippen molar-refractivity contribution in [2.24, 2.45) is 0 Å². The van der Waals surface area contributed by atoms with E-state index in [2.05, 4.69) is 189 Å². The number of pyridine rings is 1. The fourth-order valence-electron chi connectivity index (χ4n) is 13.2. The van der Waals surface area contributed by atoms with Crippen LogP contribution in [0.15, 0.2) is 182 Å². The van der Waals surface area contributed by atoms with Crippen LogP contribution in [0.2, 0.25) is 0 Å². The first-order valence-electron chi connectivity index (χ1n) is 29.4. The number of fused-ring (bicyclic) bond motifs is 4. The summed E-state index contributed by atoms with van der Waals surface area (Å²) in [5, 5.41) is 2.28. The van der Waals surface area contributed by atoms with Crippen molar-refractivity contribution in [3.8, 4) is 50.7 Å². The molecule has 0 spiro atoms. The fourth-order valence-corrected chi connectivity index (χ4v) is 13.2. The molecule has 3 aliphatic rings. The molecule has 0 radical (unpaired) electrons. The standard InChI is InChI=1S/C74H70F2N4O/c1-73(2,3)53-38-39-77-70(44-53)80-66-25-14-13-22-62(66)63-37-36-58(46-69(63)80)81-59-41-52(71-60(48-18-9-7-10-19-48)23-17-24-61(71)49-20-11-8-12-21-49)40-57(45-59)78-47-79(68-27-16-15-26-67(68)78)72-64(50-28-32-55(75)33-29-50)42-54(74(4,5)6)43-65(72)51-30-34-56(76)35-31-51/h13-17,22-46,48-49H,7-12,18-21H2,1-6H3/q+2. The molecule has 2 fully saturated rings. The van der Waals surface area contributed by atoms with Crippen molar-refractivity contribution < 1.29 is 13.5 Å². The molecule has 5 nitrogen and oxygen atoms in total. The van der Waals surface area contributed by atoms with Crippen LogP contribution in [0.3, 0.4) is 0 Å². The van der Waals surface area contributed by atoms with E-state index in [4.69, 9.17) is 9.72 Å². The van der Waals surface area contributed by atoms with Crippen LogP contribution in [-0.2, 0) is 10.8 Å². The molecular weight excluding hydrogens is 999 g/mol. The first-order valence-corrected chi connectivity index (χ1v) is 29.4.